The van der Waals surface area contributed by atoms with Gasteiger partial charge < -0.3 is 4.90 Å². The minimum absolute atomic E-state index is 0.523. The van der Waals surface area contributed by atoms with Crippen molar-refractivity contribution in [2.75, 3.05) is 24.5 Å². The zero-order valence-electron chi connectivity index (χ0n) is 15.1. The molecule has 2 heterocycles. The lowest BCUT2D eigenvalue weighted by Crippen LogP contribution is -2.51. The summed E-state index contributed by atoms with van der Waals surface area (Å²) >= 11 is 0. The number of piperazine rings is 1. The van der Waals surface area contributed by atoms with Gasteiger partial charge in [-0.1, -0.05) is 24.6 Å². The van der Waals surface area contributed by atoms with Crippen molar-refractivity contribution >= 4 is 5.69 Å². The maximum atomic E-state index is 4.48. The van der Waals surface area contributed by atoms with E-state index in [1.165, 1.54) is 16.8 Å². The molecule has 3 rings (SSSR count). The van der Waals surface area contributed by atoms with E-state index in [4.69, 9.17) is 0 Å². The van der Waals surface area contributed by atoms with E-state index in [0.717, 1.165) is 44.8 Å². The van der Waals surface area contributed by atoms with Crippen LogP contribution in [0.3, 0.4) is 0 Å². The van der Waals surface area contributed by atoms with Gasteiger partial charge in [-0.2, -0.15) is 0 Å². The summed E-state index contributed by atoms with van der Waals surface area (Å²) in [4.78, 5) is 14.0. The first-order valence-electron chi connectivity index (χ1n) is 9.01. The molecule has 1 aliphatic heterocycles. The number of rotatable bonds is 5. The second-order valence-corrected chi connectivity index (χ2v) is 6.86. The third kappa shape index (κ3) is 4.12. The van der Waals surface area contributed by atoms with Crippen molar-refractivity contribution in [1.29, 1.82) is 0 Å². The van der Waals surface area contributed by atoms with E-state index < -0.39 is 0 Å². The van der Waals surface area contributed by atoms with Gasteiger partial charge in [0.1, 0.15) is 5.82 Å². The van der Waals surface area contributed by atoms with Crippen molar-refractivity contribution in [1.82, 2.24) is 14.9 Å². The predicted octanol–water partition coefficient (Wildman–Crippen LogP) is 3.45. The zero-order valence-corrected chi connectivity index (χ0v) is 15.1. The normalized spacial score (nSPS) is 18.8. The van der Waals surface area contributed by atoms with E-state index >= 15 is 0 Å². The van der Waals surface area contributed by atoms with E-state index in [9.17, 15) is 0 Å². The molecule has 0 unspecified atom stereocenters. The lowest BCUT2D eigenvalue weighted by atomic mass is 10.1. The molecule has 1 aliphatic rings. The Morgan fingerprint density at radius 2 is 1.79 bits per heavy atom. The maximum Gasteiger partial charge on any atom is 0.128 e. The van der Waals surface area contributed by atoms with Gasteiger partial charge in [-0.15, -0.1) is 0 Å². The molecule has 1 atom stereocenters. The first-order valence-corrected chi connectivity index (χ1v) is 9.01. The lowest BCUT2D eigenvalue weighted by Gasteiger charge is -2.41. The van der Waals surface area contributed by atoms with Crippen LogP contribution in [0.1, 0.15) is 37.2 Å². The SMILES string of the molecule is CCCc1ncc(CN2CCN(c3ccc(C)cc3)C[C@H]2C)cn1. The summed E-state index contributed by atoms with van der Waals surface area (Å²) in [5, 5.41) is 0. The molecule has 0 amide bonds. The van der Waals surface area contributed by atoms with Gasteiger partial charge in [0.05, 0.1) is 0 Å². The number of anilines is 1. The van der Waals surface area contributed by atoms with E-state index in [1.54, 1.807) is 0 Å². The molecule has 128 valence electrons. The van der Waals surface area contributed by atoms with E-state index in [-0.39, 0.29) is 0 Å². The van der Waals surface area contributed by atoms with Crippen molar-refractivity contribution in [3.63, 3.8) is 0 Å². The average Bonchev–Trinajstić information content (AvgIpc) is 2.59. The van der Waals surface area contributed by atoms with Gasteiger partial charge in [-0.05, 0) is 32.4 Å². The third-order valence-corrected chi connectivity index (χ3v) is 4.78. The predicted molar refractivity (Wildman–Crippen MR) is 99.3 cm³/mol. The Kier molecular flexibility index (Phi) is 5.46. The standard InChI is InChI=1S/C20H28N4/c1-4-5-20-21-12-18(13-22-20)15-23-10-11-24(14-17(23)3)19-8-6-16(2)7-9-19/h6-9,12-13,17H,4-5,10-11,14-15H2,1-3H3/t17-/m1/s1. The van der Waals surface area contributed by atoms with Crippen LogP contribution in [0.4, 0.5) is 5.69 Å². The van der Waals surface area contributed by atoms with Crippen LogP contribution >= 0.6 is 0 Å². The van der Waals surface area contributed by atoms with Crippen molar-refractivity contribution in [3.05, 3.63) is 53.6 Å². The van der Waals surface area contributed by atoms with Gasteiger partial charge in [0, 0.05) is 62.3 Å². The summed E-state index contributed by atoms with van der Waals surface area (Å²) in [5.41, 5.74) is 3.86. The Morgan fingerprint density at radius 1 is 1.08 bits per heavy atom. The molecule has 0 radical (unpaired) electrons. The summed E-state index contributed by atoms with van der Waals surface area (Å²) in [6.45, 7) is 10.8. The average molecular weight is 324 g/mol. The number of aromatic nitrogens is 2. The molecule has 4 heteroatoms. The van der Waals surface area contributed by atoms with Crippen molar-refractivity contribution in [2.24, 2.45) is 0 Å². The van der Waals surface area contributed by atoms with Crippen LogP contribution < -0.4 is 4.90 Å². The van der Waals surface area contributed by atoms with Crippen LogP contribution in [0.15, 0.2) is 36.7 Å². The quantitative estimate of drug-likeness (QED) is 0.843. The summed E-state index contributed by atoms with van der Waals surface area (Å²) in [7, 11) is 0. The Bertz CT molecular complexity index is 636. The highest BCUT2D eigenvalue weighted by Gasteiger charge is 2.24. The number of hydrogen-bond donors (Lipinski definition) is 0. The number of aryl methyl sites for hydroxylation is 2. The Hall–Kier alpha value is -1.94. The molecule has 1 fully saturated rings. The van der Waals surface area contributed by atoms with Crippen LogP contribution in [-0.4, -0.2) is 40.5 Å². The van der Waals surface area contributed by atoms with E-state index in [1.807, 2.05) is 12.4 Å². The van der Waals surface area contributed by atoms with Crippen LogP contribution in [0, 0.1) is 6.92 Å². The molecule has 24 heavy (non-hydrogen) atoms. The van der Waals surface area contributed by atoms with E-state index in [0.29, 0.717) is 6.04 Å². The largest absolute Gasteiger partial charge is 0.369 e. The molecule has 2 aromatic rings. The molecule has 0 bridgehead atoms. The van der Waals surface area contributed by atoms with Crippen LogP contribution in [-0.2, 0) is 13.0 Å². The number of benzene rings is 1. The van der Waals surface area contributed by atoms with Crippen LogP contribution in [0.5, 0.6) is 0 Å². The molecule has 0 aliphatic carbocycles. The Balaban J connectivity index is 1.58. The summed E-state index contributed by atoms with van der Waals surface area (Å²) in [6.07, 6.45) is 6.05. The summed E-state index contributed by atoms with van der Waals surface area (Å²) in [6, 6.07) is 9.38. The molecule has 4 nitrogen and oxygen atoms in total. The monoisotopic (exact) mass is 324 g/mol. The van der Waals surface area contributed by atoms with Crippen molar-refractivity contribution in [2.45, 2.75) is 46.2 Å². The second kappa shape index (κ2) is 7.75. The van der Waals surface area contributed by atoms with Crippen LogP contribution in [0.25, 0.3) is 0 Å². The number of hydrogen-bond acceptors (Lipinski definition) is 4. The topological polar surface area (TPSA) is 32.3 Å². The van der Waals surface area contributed by atoms with Crippen LogP contribution in [0.2, 0.25) is 0 Å². The molecule has 0 saturated carbocycles. The number of nitrogens with zero attached hydrogens (tertiary/aromatic N) is 4. The van der Waals surface area contributed by atoms with Crippen molar-refractivity contribution in [3.8, 4) is 0 Å². The van der Waals surface area contributed by atoms with Gasteiger partial charge >= 0.3 is 0 Å². The fourth-order valence-electron chi connectivity index (χ4n) is 3.27. The second-order valence-electron chi connectivity index (χ2n) is 6.86. The first kappa shape index (κ1) is 16.9. The van der Waals surface area contributed by atoms with Crippen molar-refractivity contribution < 1.29 is 0 Å². The van der Waals surface area contributed by atoms with Gasteiger partial charge in [0.15, 0.2) is 0 Å². The fourth-order valence-corrected chi connectivity index (χ4v) is 3.27. The highest BCUT2D eigenvalue weighted by Crippen LogP contribution is 2.20. The molecular formula is C20H28N4. The highest BCUT2D eigenvalue weighted by atomic mass is 15.3. The fraction of sp³-hybridized carbons (Fsp3) is 0.500. The first-order chi connectivity index (χ1) is 11.7. The molecular weight excluding hydrogens is 296 g/mol. The van der Waals surface area contributed by atoms with Gasteiger partial charge in [0.2, 0.25) is 0 Å². The Morgan fingerprint density at radius 3 is 2.42 bits per heavy atom. The summed E-state index contributed by atoms with van der Waals surface area (Å²) in [5.74, 6) is 0.957. The highest BCUT2D eigenvalue weighted by molar-refractivity contribution is 5.48. The molecule has 0 N–H and O–H groups in total. The minimum Gasteiger partial charge on any atom is -0.369 e. The maximum absolute atomic E-state index is 4.48. The molecule has 1 aromatic carbocycles. The lowest BCUT2D eigenvalue weighted by molar-refractivity contribution is 0.180. The van der Waals surface area contributed by atoms with Gasteiger partial charge in [0.25, 0.3) is 0 Å². The minimum atomic E-state index is 0.523. The Labute approximate surface area is 145 Å². The smallest absolute Gasteiger partial charge is 0.128 e. The van der Waals surface area contributed by atoms with Gasteiger partial charge in [-0.3, -0.25) is 4.90 Å². The zero-order chi connectivity index (χ0) is 16.9. The van der Waals surface area contributed by atoms with Gasteiger partial charge in [-0.25, -0.2) is 9.97 Å². The molecule has 0 spiro atoms. The molecule has 1 aromatic heterocycles. The molecule has 1 saturated heterocycles. The third-order valence-electron chi connectivity index (χ3n) is 4.78. The summed E-state index contributed by atoms with van der Waals surface area (Å²) < 4.78 is 0. The van der Waals surface area contributed by atoms with E-state index in [2.05, 4.69) is 64.8 Å².